The van der Waals surface area contributed by atoms with Crippen molar-refractivity contribution in [3.63, 3.8) is 0 Å². The minimum absolute atomic E-state index is 0.0485. The summed E-state index contributed by atoms with van der Waals surface area (Å²) < 4.78 is 38.7. The average Bonchev–Trinajstić information content (AvgIpc) is 3.21. The predicted molar refractivity (Wildman–Crippen MR) is 141 cm³/mol. The molecular formula is C27H33F3N6O3. The highest BCUT2D eigenvalue weighted by Gasteiger charge is 2.32. The topological polar surface area (TPSA) is 120 Å². The Kier molecular flexibility index (Phi) is 8.95. The van der Waals surface area contributed by atoms with E-state index < -0.39 is 23.7 Å². The Hall–Kier alpha value is -3.80. The smallest absolute Gasteiger partial charge is 0.371 e. The Balaban J connectivity index is 1.21. The molecule has 2 aromatic carbocycles. The number of nitrogens with one attached hydrogen (secondary N) is 3. The molecule has 0 aromatic heterocycles. The van der Waals surface area contributed by atoms with Crippen LogP contribution in [0.3, 0.4) is 0 Å². The number of hydrogen-bond donors (Lipinski definition) is 4. The van der Waals surface area contributed by atoms with Crippen LogP contribution in [-0.2, 0) is 11.0 Å². The first-order valence-electron chi connectivity index (χ1n) is 13.0. The van der Waals surface area contributed by atoms with Gasteiger partial charge < -0.3 is 26.6 Å². The van der Waals surface area contributed by atoms with E-state index >= 15 is 0 Å². The summed E-state index contributed by atoms with van der Waals surface area (Å²) in [6.45, 7) is 3.09. The fourth-order valence-corrected chi connectivity index (χ4v) is 5.21. The lowest BCUT2D eigenvalue weighted by atomic mass is 10.1. The highest BCUT2D eigenvalue weighted by atomic mass is 19.4. The van der Waals surface area contributed by atoms with E-state index in [0.717, 1.165) is 69.2 Å². The number of hydrogen-bond acceptors (Lipinski definition) is 5. The van der Waals surface area contributed by atoms with E-state index in [1.165, 1.54) is 6.07 Å². The first-order chi connectivity index (χ1) is 18.6. The van der Waals surface area contributed by atoms with Gasteiger partial charge in [0.1, 0.15) is 0 Å². The third-order valence-corrected chi connectivity index (χ3v) is 7.16. The average molecular weight is 547 g/mol. The van der Waals surface area contributed by atoms with Crippen LogP contribution >= 0.6 is 0 Å². The number of carbonyl (C=O) groups is 3. The number of benzene rings is 2. The first-order valence-corrected chi connectivity index (χ1v) is 13.0. The molecule has 2 heterocycles. The van der Waals surface area contributed by atoms with Gasteiger partial charge in [-0.3, -0.25) is 14.5 Å². The van der Waals surface area contributed by atoms with Gasteiger partial charge in [-0.25, -0.2) is 4.79 Å². The summed E-state index contributed by atoms with van der Waals surface area (Å²) in [5.74, 6) is -1.10. The van der Waals surface area contributed by atoms with Crippen LogP contribution in [0.15, 0.2) is 48.5 Å². The number of rotatable bonds is 7. The molecule has 2 aliphatic rings. The molecule has 5 N–H and O–H groups in total. The molecule has 2 fully saturated rings. The third-order valence-electron chi connectivity index (χ3n) is 7.16. The largest absolute Gasteiger partial charge is 0.416 e. The molecule has 4 rings (SSSR count). The maximum absolute atomic E-state index is 12.9. The number of nitrogens with zero attached hydrogens (tertiary/aromatic N) is 2. The predicted octanol–water partition coefficient (Wildman–Crippen LogP) is 3.18. The monoisotopic (exact) mass is 546 g/mol. The van der Waals surface area contributed by atoms with Gasteiger partial charge in [0, 0.05) is 55.2 Å². The summed E-state index contributed by atoms with van der Waals surface area (Å²) >= 11 is 0. The maximum atomic E-state index is 12.9. The van der Waals surface area contributed by atoms with Gasteiger partial charge in [0.05, 0.1) is 12.1 Å². The van der Waals surface area contributed by atoms with Crippen LogP contribution in [0, 0.1) is 0 Å². The van der Waals surface area contributed by atoms with Crippen LogP contribution in [0.5, 0.6) is 0 Å². The van der Waals surface area contributed by atoms with Crippen molar-refractivity contribution in [2.24, 2.45) is 5.73 Å². The lowest BCUT2D eigenvalue weighted by Gasteiger charge is -2.27. The zero-order chi connectivity index (χ0) is 28.0. The van der Waals surface area contributed by atoms with Crippen LogP contribution < -0.4 is 26.6 Å². The first kappa shape index (κ1) is 28.2. The van der Waals surface area contributed by atoms with E-state index in [0.29, 0.717) is 18.3 Å². The van der Waals surface area contributed by atoms with E-state index in [9.17, 15) is 27.6 Å². The summed E-state index contributed by atoms with van der Waals surface area (Å²) in [7, 11) is 0. The van der Waals surface area contributed by atoms with Crippen LogP contribution in [0.4, 0.5) is 29.3 Å². The van der Waals surface area contributed by atoms with Gasteiger partial charge in [-0.15, -0.1) is 0 Å². The molecule has 0 saturated carbocycles. The van der Waals surface area contributed by atoms with Gasteiger partial charge in [0.25, 0.3) is 5.91 Å². The van der Waals surface area contributed by atoms with Crippen LogP contribution in [0.1, 0.15) is 41.6 Å². The molecule has 0 spiro atoms. The molecule has 2 aromatic rings. The SMILES string of the molecule is NC(=O)Nc1ccc(N2CCCC(N3CC[C@@H](NC(=O)CNC(=O)c4cccc(C(F)(F)F)c4)C3)CC2)cc1. The van der Waals surface area contributed by atoms with Crippen molar-refractivity contribution in [1.82, 2.24) is 15.5 Å². The number of primary amides is 1. The third kappa shape index (κ3) is 7.85. The van der Waals surface area contributed by atoms with Crippen LogP contribution in [0.25, 0.3) is 0 Å². The van der Waals surface area contributed by atoms with Crippen molar-refractivity contribution in [1.29, 1.82) is 0 Å². The van der Waals surface area contributed by atoms with E-state index in [2.05, 4.69) is 25.8 Å². The lowest BCUT2D eigenvalue weighted by molar-refractivity contribution is -0.137. The number of alkyl halides is 3. The van der Waals surface area contributed by atoms with Gasteiger partial charge in [0.15, 0.2) is 0 Å². The second kappa shape index (κ2) is 12.4. The number of amides is 4. The summed E-state index contributed by atoms with van der Waals surface area (Å²) in [5, 5.41) is 7.90. The second-order valence-corrected chi connectivity index (χ2v) is 9.92. The Morgan fingerprint density at radius 2 is 1.74 bits per heavy atom. The Morgan fingerprint density at radius 1 is 0.974 bits per heavy atom. The number of carbonyl (C=O) groups excluding carboxylic acids is 3. The standard InChI is InChI=1S/C27H33F3N6O3/c28-27(29,30)19-4-1-3-18(15-19)25(38)32-16-24(37)33-21-10-13-36(17-21)22-5-2-12-35(14-11-22)23-8-6-20(7-9-23)34-26(31)39/h1,3-4,6-9,15,21-22H,2,5,10-14,16-17H2,(H,32,38)(H,33,37)(H3,31,34,39)/t21-,22?/m1/s1. The highest BCUT2D eigenvalue weighted by Crippen LogP contribution is 2.29. The number of anilines is 2. The molecular weight excluding hydrogens is 513 g/mol. The highest BCUT2D eigenvalue weighted by molar-refractivity contribution is 5.96. The van der Waals surface area contributed by atoms with Crippen molar-refractivity contribution >= 4 is 29.2 Å². The normalized spacial score (nSPS) is 20.2. The van der Waals surface area contributed by atoms with Gasteiger partial charge in [-0.05, 0) is 68.1 Å². The summed E-state index contributed by atoms with van der Waals surface area (Å²) in [4.78, 5) is 40.4. The molecule has 9 nitrogen and oxygen atoms in total. The van der Waals surface area contributed by atoms with Crippen LogP contribution in [0.2, 0.25) is 0 Å². The van der Waals surface area contributed by atoms with Crippen molar-refractivity contribution in [3.8, 4) is 0 Å². The Labute approximate surface area is 224 Å². The number of urea groups is 1. The van der Waals surface area contributed by atoms with Crippen LogP contribution in [-0.4, -0.2) is 67.6 Å². The van der Waals surface area contributed by atoms with Gasteiger partial charge in [-0.1, -0.05) is 6.07 Å². The fraction of sp³-hybridized carbons (Fsp3) is 0.444. The molecule has 2 aliphatic heterocycles. The van der Waals surface area contributed by atoms with Gasteiger partial charge in [0.2, 0.25) is 5.91 Å². The van der Waals surface area contributed by atoms with E-state index in [-0.39, 0.29) is 24.1 Å². The Bertz CT molecular complexity index is 1170. The van der Waals surface area contributed by atoms with E-state index in [1.54, 1.807) is 0 Å². The zero-order valence-corrected chi connectivity index (χ0v) is 21.5. The molecule has 210 valence electrons. The number of likely N-dealkylation sites (tertiary alicyclic amines) is 1. The van der Waals surface area contributed by atoms with Gasteiger partial charge in [-0.2, -0.15) is 13.2 Å². The summed E-state index contributed by atoms with van der Waals surface area (Å²) in [6.07, 6.45) is -0.697. The minimum atomic E-state index is -4.55. The number of halogens is 3. The molecule has 39 heavy (non-hydrogen) atoms. The molecule has 0 radical (unpaired) electrons. The zero-order valence-electron chi connectivity index (χ0n) is 21.5. The molecule has 12 heteroatoms. The summed E-state index contributed by atoms with van der Waals surface area (Å²) in [6, 6.07) is 11.5. The maximum Gasteiger partial charge on any atom is 0.416 e. The minimum Gasteiger partial charge on any atom is -0.371 e. The molecule has 0 bridgehead atoms. The van der Waals surface area contributed by atoms with Crippen molar-refractivity contribution in [2.45, 2.75) is 43.9 Å². The van der Waals surface area contributed by atoms with Crippen molar-refractivity contribution < 1.29 is 27.6 Å². The molecule has 2 atom stereocenters. The van der Waals surface area contributed by atoms with E-state index in [4.69, 9.17) is 5.73 Å². The quantitative estimate of drug-likeness (QED) is 0.425. The molecule has 1 unspecified atom stereocenters. The second-order valence-electron chi connectivity index (χ2n) is 9.92. The fourth-order valence-electron chi connectivity index (χ4n) is 5.21. The van der Waals surface area contributed by atoms with Gasteiger partial charge >= 0.3 is 12.2 Å². The van der Waals surface area contributed by atoms with E-state index in [1.807, 2.05) is 24.3 Å². The molecule has 0 aliphatic carbocycles. The Morgan fingerprint density at radius 3 is 2.46 bits per heavy atom. The lowest BCUT2D eigenvalue weighted by Crippen LogP contribution is -2.44. The molecule has 2 saturated heterocycles. The van der Waals surface area contributed by atoms with Crippen molar-refractivity contribution in [2.75, 3.05) is 42.9 Å². The number of nitrogens with two attached hydrogens (primary N) is 1. The molecule has 4 amide bonds. The summed E-state index contributed by atoms with van der Waals surface area (Å²) in [5.41, 5.74) is 5.84. The van der Waals surface area contributed by atoms with Crippen molar-refractivity contribution in [3.05, 3.63) is 59.7 Å².